The molecule has 0 aliphatic carbocycles. The second kappa shape index (κ2) is 9.26. The largest absolute Gasteiger partial charge is 0.463 e. The van der Waals surface area contributed by atoms with E-state index in [4.69, 9.17) is 16.6 Å². The number of nitrogen functional groups attached to an aromatic ring is 1. The molecule has 2 unspecified atom stereocenters. The second-order valence-electron chi connectivity index (χ2n) is 6.81. The molecule has 28 heavy (non-hydrogen) atoms. The van der Waals surface area contributed by atoms with Gasteiger partial charge in [-0.2, -0.15) is 0 Å². The van der Waals surface area contributed by atoms with Crippen LogP contribution < -0.4 is 5.73 Å². The number of carbonyl (C=O) groups is 1. The molecule has 1 saturated heterocycles. The van der Waals surface area contributed by atoms with Gasteiger partial charge in [0, 0.05) is 7.77 Å². The van der Waals surface area contributed by atoms with Crippen molar-refractivity contribution in [3.05, 3.63) is 12.7 Å². The van der Waals surface area contributed by atoms with Gasteiger partial charge in [-0.05, 0) is 6.42 Å². The molecule has 4 N–H and O–H groups in total. The Hall–Kier alpha value is -2.30. The Bertz CT molecular complexity index is 834. The van der Waals surface area contributed by atoms with Crippen molar-refractivity contribution in [2.24, 2.45) is 0 Å². The lowest BCUT2D eigenvalue weighted by Crippen LogP contribution is -2.34. The van der Waals surface area contributed by atoms with Gasteiger partial charge in [0.15, 0.2) is 17.7 Å². The zero-order chi connectivity index (χ0) is 21.0. The molecule has 0 aromatic carbocycles. The highest BCUT2D eigenvalue weighted by Gasteiger charge is 2.44. The first-order valence-electron chi connectivity index (χ1n) is 10.0. The third-order valence-electron chi connectivity index (χ3n) is 4.76. The quantitative estimate of drug-likeness (QED) is 0.417. The number of imidazole rings is 1. The van der Waals surface area contributed by atoms with E-state index >= 15 is 0 Å². The number of esters is 1. The van der Waals surface area contributed by atoms with Crippen LogP contribution in [0.3, 0.4) is 0 Å². The zero-order valence-corrected chi connectivity index (χ0v) is 15.8. The highest BCUT2D eigenvalue weighted by Crippen LogP contribution is 2.32. The SMILES string of the molecule is [2H]C(CCCCCC)C(=O)OC[C@H]1OC(n2cnc3c(N)ncnc32)[C@@H](O)[C@@H]1O. The summed E-state index contributed by atoms with van der Waals surface area (Å²) in [6, 6.07) is 0. The maximum Gasteiger partial charge on any atom is 0.305 e. The number of aliphatic hydroxyl groups excluding tert-OH is 2. The predicted octanol–water partition coefficient (Wildman–Crippen LogP) is 0.931. The van der Waals surface area contributed by atoms with Crippen LogP contribution in [0.5, 0.6) is 0 Å². The van der Waals surface area contributed by atoms with Crippen molar-refractivity contribution in [3.8, 4) is 0 Å². The molecule has 5 atom stereocenters. The number of aromatic nitrogens is 4. The average molecular weight is 394 g/mol. The number of unbranched alkanes of at least 4 members (excludes halogenated alkanes) is 3. The monoisotopic (exact) mass is 394 g/mol. The van der Waals surface area contributed by atoms with Crippen molar-refractivity contribution in [1.29, 1.82) is 0 Å². The van der Waals surface area contributed by atoms with Gasteiger partial charge >= 0.3 is 5.97 Å². The molecule has 0 saturated carbocycles. The summed E-state index contributed by atoms with van der Waals surface area (Å²) in [7, 11) is 0. The van der Waals surface area contributed by atoms with E-state index in [0.717, 1.165) is 25.7 Å². The Balaban J connectivity index is 1.58. The topological polar surface area (TPSA) is 146 Å². The van der Waals surface area contributed by atoms with Crippen LogP contribution in [0.15, 0.2) is 12.7 Å². The Morgan fingerprint density at radius 3 is 2.86 bits per heavy atom. The number of anilines is 1. The minimum Gasteiger partial charge on any atom is -0.463 e. The van der Waals surface area contributed by atoms with Crippen LogP contribution >= 0.6 is 0 Å². The van der Waals surface area contributed by atoms with Gasteiger partial charge in [0.2, 0.25) is 0 Å². The smallest absolute Gasteiger partial charge is 0.305 e. The molecule has 3 heterocycles. The third kappa shape index (κ3) is 4.40. The number of fused-ring (bicyclic) bond motifs is 1. The third-order valence-corrected chi connectivity index (χ3v) is 4.76. The Morgan fingerprint density at radius 1 is 1.29 bits per heavy atom. The van der Waals surface area contributed by atoms with Gasteiger partial charge in [-0.1, -0.05) is 32.6 Å². The summed E-state index contributed by atoms with van der Waals surface area (Å²) in [4.78, 5) is 24.1. The minimum atomic E-state index is -1.28. The van der Waals surface area contributed by atoms with Crippen LogP contribution in [0.1, 0.15) is 53.0 Å². The number of nitrogens with two attached hydrogens (primary N) is 1. The number of rotatable bonds is 9. The van der Waals surface area contributed by atoms with Crippen molar-refractivity contribution >= 4 is 23.0 Å². The fourth-order valence-electron chi connectivity index (χ4n) is 3.17. The van der Waals surface area contributed by atoms with Gasteiger partial charge in [0.25, 0.3) is 0 Å². The summed E-state index contributed by atoms with van der Waals surface area (Å²) in [6.45, 7) is 1.83. The summed E-state index contributed by atoms with van der Waals surface area (Å²) in [5.41, 5.74) is 6.47. The Kier molecular flexibility index (Phi) is 6.30. The summed E-state index contributed by atoms with van der Waals surface area (Å²) in [5, 5.41) is 20.7. The van der Waals surface area contributed by atoms with E-state index in [0.29, 0.717) is 17.6 Å². The molecule has 1 fully saturated rings. The van der Waals surface area contributed by atoms with Crippen LogP contribution in [-0.2, 0) is 14.3 Å². The molecule has 10 nitrogen and oxygen atoms in total. The average Bonchev–Trinajstić information content (AvgIpc) is 3.26. The summed E-state index contributed by atoms with van der Waals surface area (Å²) in [6.07, 6.45) is 1.56. The maximum atomic E-state index is 12.0. The standard InChI is InChI=1S/C18H27N5O5/c1-2-3-4-5-6-7-12(24)27-8-11-14(25)15(26)18(28-11)23-10-22-13-16(19)20-9-21-17(13)23/h9-11,14-15,18,25-26H,2-8H2,1H3,(H2,19,20,21)/t11-,14-,15+,18?/m1/s1/i7D/t7?,11-,14-,15+,18?. The molecule has 2 aromatic heterocycles. The molecule has 0 radical (unpaired) electrons. The van der Waals surface area contributed by atoms with Crippen molar-refractivity contribution in [1.82, 2.24) is 19.5 Å². The highest BCUT2D eigenvalue weighted by molar-refractivity contribution is 5.81. The van der Waals surface area contributed by atoms with Gasteiger partial charge in [-0.25, -0.2) is 15.0 Å². The Labute approximate surface area is 164 Å². The molecule has 2 aromatic rings. The van der Waals surface area contributed by atoms with E-state index in [1.165, 1.54) is 17.2 Å². The number of aliphatic hydroxyl groups is 2. The molecule has 1 aliphatic heterocycles. The molecule has 1 aliphatic rings. The van der Waals surface area contributed by atoms with Gasteiger partial charge < -0.3 is 25.4 Å². The van der Waals surface area contributed by atoms with E-state index in [2.05, 4.69) is 21.9 Å². The van der Waals surface area contributed by atoms with E-state index in [-0.39, 0.29) is 12.4 Å². The summed E-state index contributed by atoms with van der Waals surface area (Å²) >= 11 is 0. The fraction of sp³-hybridized carbons (Fsp3) is 0.667. The van der Waals surface area contributed by atoms with Crippen LogP contribution in [0.4, 0.5) is 5.82 Å². The molecular formula is C18H27N5O5. The molecule has 154 valence electrons. The number of hydrogen-bond acceptors (Lipinski definition) is 9. The molecule has 0 spiro atoms. The van der Waals surface area contributed by atoms with E-state index < -0.39 is 36.9 Å². The van der Waals surface area contributed by atoms with Crippen molar-refractivity contribution in [3.63, 3.8) is 0 Å². The number of nitrogens with zero attached hydrogens (tertiary/aromatic N) is 4. The van der Waals surface area contributed by atoms with E-state index in [1.54, 1.807) is 0 Å². The first-order valence-corrected chi connectivity index (χ1v) is 9.47. The van der Waals surface area contributed by atoms with Crippen LogP contribution in [0.25, 0.3) is 11.2 Å². The number of carbonyl (C=O) groups excluding carboxylic acids is 1. The molecule has 10 heteroatoms. The highest BCUT2D eigenvalue weighted by atomic mass is 16.6. The lowest BCUT2D eigenvalue weighted by Gasteiger charge is -2.16. The van der Waals surface area contributed by atoms with Gasteiger partial charge in [-0.3, -0.25) is 9.36 Å². The first-order chi connectivity index (χ1) is 13.9. The lowest BCUT2D eigenvalue weighted by atomic mass is 10.1. The van der Waals surface area contributed by atoms with E-state index in [9.17, 15) is 15.0 Å². The molecule has 3 rings (SSSR count). The zero-order valence-electron chi connectivity index (χ0n) is 16.8. The lowest BCUT2D eigenvalue weighted by molar-refractivity contribution is -0.150. The minimum absolute atomic E-state index is 0.188. The normalized spacial score (nSPS) is 26.3. The molecule has 0 bridgehead atoms. The second-order valence-corrected chi connectivity index (χ2v) is 6.81. The van der Waals surface area contributed by atoms with Crippen LogP contribution in [-0.4, -0.2) is 60.6 Å². The number of hydrogen-bond donors (Lipinski definition) is 3. The van der Waals surface area contributed by atoms with E-state index in [1.807, 2.05) is 0 Å². The van der Waals surface area contributed by atoms with Gasteiger partial charge in [0.05, 0.1) is 6.33 Å². The summed E-state index contributed by atoms with van der Waals surface area (Å²) in [5.74, 6) is -0.475. The predicted molar refractivity (Wildman–Crippen MR) is 100.0 cm³/mol. The molecular weight excluding hydrogens is 366 g/mol. The first kappa shape index (κ1) is 19.0. The van der Waals surface area contributed by atoms with Gasteiger partial charge in [-0.15, -0.1) is 0 Å². The fourth-order valence-corrected chi connectivity index (χ4v) is 3.17. The summed E-state index contributed by atoms with van der Waals surface area (Å²) < 4.78 is 20.2. The maximum absolute atomic E-state index is 12.0. The van der Waals surface area contributed by atoms with Crippen molar-refractivity contribution < 1.29 is 25.9 Å². The molecule has 0 amide bonds. The van der Waals surface area contributed by atoms with Crippen LogP contribution in [0.2, 0.25) is 0 Å². The van der Waals surface area contributed by atoms with Crippen LogP contribution in [0, 0.1) is 0 Å². The van der Waals surface area contributed by atoms with Crippen molar-refractivity contribution in [2.75, 3.05) is 12.3 Å². The van der Waals surface area contributed by atoms with Gasteiger partial charge in [0.1, 0.15) is 36.8 Å². The van der Waals surface area contributed by atoms with Crippen molar-refractivity contribution in [2.45, 2.75) is 70.0 Å². The number of ether oxygens (including phenoxy) is 2. The Morgan fingerprint density at radius 2 is 2.07 bits per heavy atom.